The van der Waals surface area contributed by atoms with E-state index in [1.165, 1.54) is 0 Å². The fraction of sp³-hybridized carbons (Fsp3) is 0.250. The lowest BCUT2D eigenvalue weighted by Gasteiger charge is -2.14. The van der Waals surface area contributed by atoms with Gasteiger partial charge in [0.05, 0.1) is 0 Å². The maximum absolute atomic E-state index is 11.5. The lowest BCUT2D eigenvalue weighted by molar-refractivity contribution is -0.121. The van der Waals surface area contributed by atoms with E-state index in [2.05, 4.69) is 5.32 Å². The normalized spacial score (nSPS) is 11.2. The topological polar surface area (TPSA) is 137 Å². The van der Waals surface area contributed by atoms with Crippen molar-refractivity contribution in [1.82, 2.24) is 5.32 Å². The van der Waals surface area contributed by atoms with Gasteiger partial charge in [-0.2, -0.15) is 0 Å². The number of ether oxygens (including phenoxy) is 1. The zero-order valence-corrected chi connectivity index (χ0v) is 10.9. The number of amides is 4. The fourth-order valence-electron chi connectivity index (χ4n) is 1.38. The molecular formula is C12H16N4O4. The second-order valence-electron chi connectivity index (χ2n) is 4.00. The lowest BCUT2D eigenvalue weighted by atomic mass is 10.2. The Bertz CT molecular complexity index is 518. The van der Waals surface area contributed by atoms with Crippen molar-refractivity contribution >= 4 is 23.5 Å². The first-order chi connectivity index (χ1) is 9.38. The molecule has 0 aromatic heterocycles. The minimum atomic E-state index is -0.915. The third-order valence-electron chi connectivity index (χ3n) is 2.24. The van der Waals surface area contributed by atoms with Gasteiger partial charge in [0.25, 0.3) is 5.91 Å². The number of carbonyl (C=O) groups is 3. The molecular weight excluding hydrogens is 264 g/mol. The van der Waals surface area contributed by atoms with E-state index >= 15 is 0 Å². The van der Waals surface area contributed by atoms with Crippen molar-refractivity contribution in [2.75, 3.05) is 11.9 Å². The van der Waals surface area contributed by atoms with Crippen LogP contribution < -0.4 is 26.8 Å². The molecule has 0 aliphatic rings. The first-order valence-electron chi connectivity index (χ1n) is 5.76. The second kappa shape index (κ2) is 6.98. The molecule has 0 bridgehead atoms. The summed E-state index contributed by atoms with van der Waals surface area (Å²) >= 11 is 0. The van der Waals surface area contributed by atoms with E-state index < -0.39 is 23.9 Å². The van der Waals surface area contributed by atoms with Crippen LogP contribution in [0.15, 0.2) is 24.3 Å². The van der Waals surface area contributed by atoms with Crippen molar-refractivity contribution in [2.24, 2.45) is 11.5 Å². The predicted molar refractivity (Wildman–Crippen MR) is 71.9 cm³/mol. The molecule has 1 aromatic carbocycles. The van der Waals surface area contributed by atoms with Crippen LogP contribution in [0.4, 0.5) is 10.5 Å². The van der Waals surface area contributed by atoms with Gasteiger partial charge >= 0.3 is 6.03 Å². The maximum Gasteiger partial charge on any atom is 0.318 e. The molecule has 8 nitrogen and oxygen atoms in total. The summed E-state index contributed by atoms with van der Waals surface area (Å²) in [5.74, 6) is -0.713. The fourth-order valence-corrected chi connectivity index (χ4v) is 1.38. The average Bonchev–Trinajstić information content (AvgIpc) is 2.36. The molecule has 108 valence electrons. The molecule has 1 aromatic rings. The number of primary amides is 2. The largest absolute Gasteiger partial charge is 0.484 e. The summed E-state index contributed by atoms with van der Waals surface area (Å²) in [4.78, 5) is 32.7. The first kappa shape index (κ1) is 15.3. The summed E-state index contributed by atoms with van der Waals surface area (Å²) in [5, 5.41) is 4.82. The van der Waals surface area contributed by atoms with Crippen molar-refractivity contribution in [3.8, 4) is 5.75 Å². The van der Waals surface area contributed by atoms with Gasteiger partial charge < -0.3 is 21.5 Å². The standard InChI is InChI=1S/C12H16N4O4/c1-7(11(18)16-12(14)19)15-8-3-2-4-9(5-8)20-6-10(13)17/h2-5,7,15H,6H2,1H3,(H2,13,17)(H3,14,16,18,19)/t7-/m1/s1. The molecule has 4 amide bonds. The molecule has 0 fully saturated rings. The van der Waals surface area contributed by atoms with Crippen molar-refractivity contribution in [2.45, 2.75) is 13.0 Å². The summed E-state index contributed by atoms with van der Waals surface area (Å²) in [6.07, 6.45) is 0. The Labute approximate surface area is 115 Å². The lowest BCUT2D eigenvalue weighted by Crippen LogP contribution is -2.43. The Morgan fingerprint density at radius 1 is 1.30 bits per heavy atom. The molecule has 0 saturated heterocycles. The van der Waals surface area contributed by atoms with Crippen molar-refractivity contribution < 1.29 is 19.1 Å². The molecule has 0 heterocycles. The Hall–Kier alpha value is -2.77. The minimum absolute atomic E-state index is 0.235. The van der Waals surface area contributed by atoms with Crippen LogP contribution in [0, 0.1) is 0 Å². The summed E-state index contributed by atoms with van der Waals surface area (Å²) in [5.41, 5.74) is 10.4. The zero-order valence-electron chi connectivity index (χ0n) is 10.9. The maximum atomic E-state index is 11.5. The van der Waals surface area contributed by atoms with Gasteiger partial charge in [-0.1, -0.05) is 6.07 Å². The minimum Gasteiger partial charge on any atom is -0.484 e. The quantitative estimate of drug-likeness (QED) is 0.559. The van der Waals surface area contributed by atoms with Crippen LogP contribution in [0.25, 0.3) is 0 Å². The Balaban J connectivity index is 2.63. The van der Waals surface area contributed by atoms with Gasteiger partial charge in [0, 0.05) is 11.8 Å². The highest BCUT2D eigenvalue weighted by Gasteiger charge is 2.14. The highest BCUT2D eigenvalue weighted by atomic mass is 16.5. The number of hydrogen-bond acceptors (Lipinski definition) is 5. The number of carbonyl (C=O) groups excluding carboxylic acids is 3. The predicted octanol–water partition coefficient (Wildman–Crippen LogP) is -0.454. The van der Waals surface area contributed by atoms with E-state index in [-0.39, 0.29) is 6.61 Å². The number of urea groups is 1. The van der Waals surface area contributed by atoms with Gasteiger partial charge in [0.1, 0.15) is 11.8 Å². The van der Waals surface area contributed by atoms with Gasteiger partial charge in [0.2, 0.25) is 5.91 Å². The van der Waals surface area contributed by atoms with E-state index in [0.29, 0.717) is 11.4 Å². The number of hydrogen-bond donors (Lipinski definition) is 4. The summed E-state index contributed by atoms with van der Waals surface area (Å²) in [7, 11) is 0. The van der Waals surface area contributed by atoms with E-state index in [9.17, 15) is 14.4 Å². The number of nitrogens with one attached hydrogen (secondary N) is 2. The summed E-state index contributed by atoms with van der Waals surface area (Å²) in [6.45, 7) is 1.33. The second-order valence-corrected chi connectivity index (χ2v) is 4.00. The molecule has 8 heteroatoms. The van der Waals surface area contributed by atoms with Crippen LogP contribution in [0.3, 0.4) is 0 Å². The first-order valence-corrected chi connectivity index (χ1v) is 5.76. The molecule has 0 aliphatic heterocycles. The molecule has 1 rings (SSSR count). The molecule has 0 aliphatic carbocycles. The number of nitrogens with two attached hydrogens (primary N) is 2. The zero-order chi connectivity index (χ0) is 15.1. The highest BCUT2D eigenvalue weighted by molar-refractivity contribution is 5.97. The molecule has 0 radical (unpaired) electrons. The van der Waals surface area contributed by atoms with Crippen LogP contribution in [0.1, 0.15) is 6.92 Å². The molecule has 0 saturated carbocycles. The van der Waals surface area contributed by atoms with Crippen LogP contribution in [0.2, 0.25) is 0 Å². The van der Waals surface area contributed by atoms with Gasteiger partial charge in [0.15, 0.2) is 6.61 Å². The van der Waals surface area contributed by atoms with Crippen LogP contribution in [-0.4, -0.2) is 30.5 Å². The van der Waals surface area contributed by atoms with Gasteiger partial charge in [-0.3, -0.25) is 14.9 Å². The number of anilines is 1. The number of benzene rings is 1. The smallest absolute Gasteiger partial charge is 0.318 e. The van der Waals surface area contributed by atoms with Crippen LogP contribution >= 0.6 is 0 Å². The molecule has 6 N–H and O–H groups in total. The number of rotatable bonds is 6. The Morgan fingerprint density at radius 3 is 2.60 bits per heavy atom. The van der Waals surface area contributed by atoms with Gasteiger partial charge in [-0.05, 0) is 19.1 Å². The SMILES string of the molecule is C[C@@H](Nc1cccc(OCC(N)=O)c1)C(=O)NC(N)=O. The van der Waals surface area contributed by atoms with Crippen molar-refractivity contribution in [1.29, 1.82) is 0 Å². The summed E-state index contributed by atoms with van der Waals surface area (Å²) in [6, 6.07) is 5.03. The Kier molecular flexibility index (Phi) is 5.33. The Morgan fingerprint density at radius 2 is 2.00 bits per heavy atom. The van der Waals surface area contributed by atoms with E-state index in [1.807, 2.05) is 5.32 Å². The van der Waals surface area contributed by atoms with Crippen LogP contribution in [0.5, 0.6) is 5.75 Å². The highest BCUT2D eigenvalue weighted by Crippen LogP contribution is 2.17. The van der Waals surface area contributed by atoms with Crippen LogP contribution in [-0.2, 0) is 9.59 Å². The van der Waals surface area contributed by atoms with E-state index in [0.717, 1.165) is 0 Å². The third-order valence-corrected chi connectivity index (χ3v) is 2.24. The molecule has 1 atom stereocenters. The van der Waals surface area contributed by atoms with E-state index in [1.54, 1.807) is 31.2 Å². The number of imide groups is 1. The van der Waals surface area contributed by atoms with Crippen molar-refractivity contribution in [3.63, 3.8) is 0 Å². The molecule has 20 heavy (non-hydrogen) atoms. The molecule has 0 spiro atoms. The third kappa shape index (κ3) is 5.25. The summed E-state index contributed by atoms with van der Waals surface area (Å²) < 4.78 is 5.13. The van der Waals surface area contributed by atoms with E-state index in [4.69, 9.17) is 16.2 Å². The monoisotopic (exact) mass is 280 g/mol. The van der Waals surface area contributed by atoms with Gasteiger partial charge in [-0.15, -0.1) is 0 Å². The van der Waals surface area contributed by atoms with Gasteiger partial charge in [-0.25, -0.2) is 4.79 Å². The average molecular weight is 280 g/mol. The molecule has 0 unspecified atom stereocenters. The van der Waals surface area contributed by atoms with Crippen molar-refractivity contribution in [3.05, 3.63) is 24.3 Å².